The second-order valence-electron chi connectivity index (χ2n) is 6.33. The largest absolute Gasteiger partial charge is 0.508 e. The van der Waals surface area contributed by atoms with Crippen LogP contribution >= 0.6 is 0 Å². The minimum Gasteiger partial charge on any atom is -0.508 e. The highest BCUT2D eigenvalue weighted by Crippen LogP contribution is 2.29. The second kappa shape index (κ2) is 7.76. The van der Waals surface area contributed by atoms with E-state index in [4.69, 9.17) is 11.5 Å². The lowest BCUT2D eigenvalue weighted by molar-refractivity contribution is 0.213. The number of amides is 1. The SMILES string of the molecule is Cc1ccc(-c2nc3cc(O)ccc3cc2CS(=O)(=O)OC(=O)N=C(N)N)cc1. The quantitative estimate of drug-likeness (QED) is 0.333. The van der Waals surface area contributed by atoms with Gasteiger partial charge >= 0.3 is 16.2 Å². The normalized spacial score (nSPS) is 11.2. The maximum absolute atomic E-state index is 12.4. The molecule has 1 heterocycles. The number of guanidine groups is 1. The number of rotatable bonds is 4. The Labute approximate surface area is 166 Å². The van der Waals surface area contributed by atoms with Crippen LogP contribution < -0.4 is 11.5 Å². The van der Waals surface area contributed by atoms with Gasteiger partial charge in [-0.1, -0.05) is 29.8 Å². The third kappa shape index (κ3) is 4.99. The minimum atomic E-state index is -4.35. The molecule has 2 aromatic carbocycles. The first kappa shape index (κ1) is 20.1. The van der Waals surface area contributed by atoms with Gasteiger partial charge in [0.15, 0.2) is 5.96 Å². The number of aliphatic imine (C=N–C) groups is 1. The third-order valence-electron chi connectivity index (χ3n) is 3.96. The average molecular weight is 414 g/mol. The molecule has 1 amide bonds. The van der Waals surface area contributed by atoms with Crippen molar-refractivity contribution in [1.82, 2.24) is 4.98 Å². The van der Waals surface area contributed by atoms with Crippen molar-refractivity contribution in [2.75, 3.05) is 0 Å². The number of aryl methyl sites for hydroxylation is 1. The second-order valence-corrected chi connectivity index (χ2v) is 7.90. The molecule has 0 saturated heterocycles. The summed E-state index contributed by atoms with van der Waals surface area (Å²) in [5.41, 5.74) is 13.0. The number of carbonyl (C=O) groups excluding carboxylic acids is 1. The first-order valence-corrected chi connectivity index (χ1v) is 9.96. The summed E-state index contributed by atoms with van der Waals surface area (Å²) in [6, 6.07) is 13.5. The van der Waals surface area contributed by atoms with Gasteiger partial charge in [-0.3, -0.25) is 0 Å². The van der Waals surface area contributed by atoms with Crippen molar-refractivity contribution >= 4 is 33.1 Å². The van der Waals surface area contributed by atoms with Gasteiger partial charge in [-0.15, -0.1) is 4.99 Å². The van der Waals surface area contributed by atoms with E-state index >= 15 is 0 Å². The highest BCUT2D eigenvalue weighted by Gasteiger charge is 2.22. The van der Waals surface area contributed by atoms with Crippen LogP contribution in [0.3, 0.4) is 0 Å². The van der Waals surface area contributed by atoms with Crippen LogP contribution in [0.25, 0.3) is 22.2 Å². The van der Waals surface area contributed by atoms with Crippen molar-refractivity contribution in [3.05, 3.63) is 59.7 Å². The van der Waals surface area contributed by atoms with E-state index in [1.54, 1.807) is 24.3 Å². The van der Waals surface area contributed by atoms with Gasteiger partial charge in [-0.25, -0.2) is 9.78 Å². The minimum absolute atomic E-state index is 0.0337. The summed E-state index contributed by atoms with van der Waals surface area (Å²) in [5.74, 6) is -1.21. The molecule has 0 bridgehead atoms. The molecule has 10 heteroatoms. The number of phenols is 1. The highest BCUT2D eigenvalue weighted by atomic mass is 32.2. The molecular weight excluding hydrogens is 396 g/mol. The molecule has 5 N–H and O–H groups in total. The van der Waals surface area contributed by atoms with Gasteiger partial charge in [0, 0.05) is 17.0 Å². The predicted octanol–water partition coefficient (Wildman–Crippen LogP) is 2.16. The number of hydrogen-bond acceptors (Lipinski definition) is 6. The van der Waals surface area contributed by atoms with Crippen molar-refractivity contribution in [2.24, 2.45) is 16.5 Å². The summed E-state index contributed by atoms with van der Waals surface area (Å²) in [6.45, 7) is 1.92. The first-order valence-electron chi connectivity index (χ1n) is 8.38. The summed E-state index contributed by atoms with van der Waals surface area (Å²) >= 11 is 0. The molecule has 0 unspecified atom stereocenters. The van der Waals surface area contributed by atoms with Gasteiger partial charge in [0.2, 0.25) is 0 Å². The van der Waals surface area contributed by atoms with E-state index in [2.05, 4.69) is 14.2 Å². The molecule has 0 aliphatic heterocycles. The number of nitrogens with two attached hydrogens (primary N) is 2. The summed E-state index contributed by atoms with van der Waals surface area (Å²) in [5, 5.41) is 10.3. The van der Waals surface area contributed by atoms with Gasteiger partial charge < -0.3 is 20.8 Å². The Balaban J connectivity index is 2.08. The molecule has 1 aromatic heterocycles. The fourth-order valence-electron chi connectivity index (χ4n) is 2.72. The van der Waals surface area contributed by atoms with Crippen molar-refractivity contribution < 1.29 is 22.5 Å². The van der Waals surface area contributed by atoms with Crippen LogP contribution in [-0.2, 0) is 20.1 Å². The number of nitrogens with zero attached hydrogens (tertiary/aromatic N) is 2. The number of pyridine rings is 1. The Morgan fingerprint density at radius 1 is 1.14 bits per heavy atom. The highest BCUT2D eigenvalue weighted by molar-refractivity contribution is 7.86. The van der Waals surface area contributed by atoms with E-state index in [0.29, 0.717) is 27.7 Å². The van der Waals surface area contributed by atoms with E-state index in [0.717, 1.165) is 5.56 Å². The number of aromatic nitrogens is 1. The van der Waals surface area contributed by atoms with Crippen LogP contribution in [0.1, 0.15) is 11.1 Å². The maximum atomic E-state index is 12.4. The Bertz CT molecular complexity index is 1220. The standard InChI is InChI=1S/C19H18N4O5S/c1-11-2-4-12(5-3-11)17-14(8-13-6-7-15(24)9-16(13)22-17)10-29(26,27)28-19(25)23-18(20)21/h2-9,24H,10H2,1H3,(H4,20,21,23,25). The van der Waals surface area contributed by atoms with E-state index in [-0.39, 0.29) is 5.75 Å². The van der Waals surface area contributed by atoms with Crippen LogP contribution in [-0.4, -0.2) is 30.6 Å². The van der Waals surface area contributed by atoms with Gasteiger partial charge in [0.25, 0.3) is 0 Å². The predicted molar refractivity (Wildman–Crippen MR) is 108 cm³/mol. The van der Waals surface area contributed by atoms with Crippen LogP contribution in [0.2, 0.25) is 0 Å². The lowest BCUT2D eigenvalue weighted by atomic mass is 10.0. The molecule has 0 saturated carbocycles. The Hall–Kier alpha value is -3.66. The van der Waals surface area contributed by atoms with Crippen LogP contribution in [0, 0.1) is 6.92 Å². The number of aromatic hydroxyl groups is 1. The number of phenolic OH excluding ortho intramolecular Hbond substituents is 1. The summed E-state index contributed by atoms with van der Waals surface area (Å²) in [7, 11) is -4.35. The summed E-state index contributed by atoms with van der Waals surface area (Å²) < 4.78 is 29.1. The fourth-order valence-corrected chi connectivity index (χ4v) is 3.64. The van der Waals surface area contributed by atoms with Crippen LogP contribution in [0.15, 0.2) is 53.5 Å². The Kier molecular flexibility index (Phi) is 5.37. The molecule has 0 aliphatic carbocycles. The van der Waals surface area contributed by atoms with Crippen molar-refractivity contribution in [3.8, 4) is 17.0 Å². The average Bonchev–Trinajstić information content (AvgIpc) is 2.60. The molecule has 150 valence electrons. The molecule has 0 atom stereocenters. The van der Waals surface area contributed by atoms with Gasteiger partial charge in [-0.2, -0.15) is 8.42 Å². The molecule has 0 radical (unpaired) electrons. The first-order chi connectivity index (χ1) is 13.6. The van der Waals surface area contributed by atoms with Crippen LogP contribution in [0.5, 0.6) is 5.75 Å². The van der Waals surface area contributed by atoms with E-state index in [1.807, 2.05) is 19.1 Å². The van der Waals surface area contributed by atoms with Gasteiger partial charge in [0.05, 0.1) is 11.2 Å². The number of carbonyl (C=O) groups is 1. The Morgan fingerprint density at radius 3 is 2.48 bits per heavy atom. The summed E-state index contributed by atoms with van der Waals surface area (Å²) in [4.78, 5) is 19.1. The van der Waals surface area contributed by atoms with Crippen molar-refractivity contribution in [1.29, 1.82) is 0 Å². The molecule has 29 heavy (non-hydrogen) atoms. The molecule has 3 rings (SSSR count). The van der Waals surface area contributed by atoms with Crippen LogP contribution in [0.4, 0.5) is 4.79 Å². The van der Waals surface area contributed by atoms with Crippen molar-refractivity contribution in [3.63, 3.8) is 0 Å². The molecular formula is C19H18N4O5S. The zero-order valence-electron chi connectivity index (χ0n) is 15.4. The molecule has 3 aromatic rings. The van der Waals surface area contributed by atoms with E-state index < -0.39 is 27.9 Å². The molecule has 0 spiro atoms. The third-order valence-corrected chi connectivity index (χ3v) is 5.02. The molecule has 0 aliphatic rings. The number of benzene rings is 2. The maximum Gasteiger partial charge on any atom is 0.452 e. The topological polar surface area (TPSA) is 158 Å². The molecule has 9 nitrogen and oxygen atoms in total. The number of fused-ring (bicyclic) bond motifs is 1. The number of hydrogen-bond donors (Lipinski definition) is 3. The van der Waals surface area contributed by atoms with Gasteiger partial charge in [-0.05, 0) is 30.7 Å². The monoisotopic (exact) mass is 414 g/mol. The zero-order chi connectivity index (χ0) is 21.2. The lowest BCUT2D eigenvalue weighted by Gasteiger charge is -2.12. The molecule has 0 fully saturated rings. The lowest BCUT2D eigenvalue weighted by Crippen LogP contribution is -2.25. The summed E-state index contributed by atoms with van der Waals surface area (Å²) in [6.07, 6.45) is -1.43. The van der Waals surface area contributed by atoms with E-state index in [9.17, 15) is 18.3 Å². The Morgan fingerprint density at radius 2 is 1.83 bits per heavy atom. The van der Waals surface area contributed by atoms with E-state index in [1.165, 1.54) is 12.1 Å². The van der Waals surface area contributed by atoms with Gasteiger partial charge in [0.1, 0.15) is 11.5 Å². The smallest absolute Gasteiger partial charge is 0.452 e. The fraction of sp³-hybridized carbons (Fsp3) is 0.105. The zero-order valence-corrected chi connectivity index (χ0v) is 16.2. The van der Waals surface area contributed by atoms with Crippen molar-refractivity contribution in [2.45, 2.75) is 12.7 Å².